The normalized spacial score (nSPS) is 14.0. The van der Waals surface area contributed by atoms with Gasteiger partial charge in [-0.15, -0.1) is 11.6 Å². The van der Waals surface area contributed by atoms with Gasteiger partial charge < -0.3 is 14.6 Å². The second-order valence-electron chi connectivity index (χ2n) is 3.14. The molecule has 4 nitrogen and oxygen atoms in total. The van der Waals surface area contributed by atoms with Crippen LogP contribution < -0.4 is 4.74 Å². The number of rotatable bonds is 4. The Hall–Kier alpha value is -1.26. The highest BCUT2D eigenvalue weighted by atomic mass is 35.5. The van der Waals surface area contributed by atoms with Crippen molar-refractivity contribution in [3.63, 3.8) is 0 Å². The molecule has 88 valence electrons. The number of benzene rings is 1. The van der Waals surface area contributed by atoms with Gasteiger partial charge in [-0.05, 0) is 17.7 Å². The Morgan fingerprint density at radius 1 is 1.31 bits per heavy atom. The summed E-state index contributed by atoms with van der Waals surface area (Å²) in [7, 11) is 2.77. The molecule has 1 aromatic rings. The lowest BCUT2D eigenvalue weighted by Gasteiger charge is -2.15. The molecule has 0 aliphatic rings. The fourth-order valence-corrected chi connectivity index (χ4v) is 1.45. The van der Waals surface area contributed by atoms with Crippen LogP contribution in [0.5, 0.6) is 5.75 Å². The lowest BCUT2D eigenvalue weighted by atomic mass is 10.1. The predicted molar refractivity (Wildman–Crippen MR) is 59.6 cm³/mol. The number of esters is 1. The van der Waals surface area contributed by atoms with Crippen LogP contribution in [0.3, 0.4) is 0 Å². The number of methoxy groups -OCH3 is 2. The molecular weight excluding hydrogens is 232 g/mol. The molecule has 0 aromatic heterocycles. The molecule has 0 radical (unpaired) electrons. The van der Waals surface area contributed by atoms with Crippen LogP contribution in [0.25, 0.3) is 0 Å². The van der Waals surface area contributed by atoms with Crippen molar-refractivity contribution in [2.45, 2.75) is 11.5 Å². The van der Waals surface area contributed by atoms with Crippen LogP contribution in [-0.2, 0) is 9.53 Å². The fourth-order valence-electron chi connectivity index (χ4n) is 1.21. The van der Waals surface area contributed by atoms with E-state index in [0.29, 0.717) is 11.3 Å². The van der Waals surface area contributed by atoms with Gasteiger partial charge in [0, 0.05) is 0 Å². The van der Waals surface area contributed by atoms with Gasteiger partial charge in [-0.2, -0.15) is 0 Å². The minimum absolute atomic E-state index is 0.534. The maximum Gasteiger partial charge on any atom is 0.326 e. The summed E-state index contributed by atoms with van der Waals surface area (Å²) in [4.78, 5) is 11.1. The van der Waals surface area contributed by atoms with E-state index in [4.69, 9.17) is 16.3 Å². The molecule has 5 heteroatoms. The van der Waals surface area contributed by atoms with Crippen molar-refractivity contribution in [1.29, 1.82) is 0 Å². The SMILES string of the molecule is COC(=O)[C@@H](Cl)[C@H](O)c1ccc(OC)cc1. The minimum atomic E-state index is -1.11. The summed E-state index contributed by atoms with van der Waals surface area (Å²) < 4.78 is 9.42. The van der Waals surface area contributed by atoms with E-state index in [0.717, 1.165) is 0 Å². The number of halogens is 1. The second kappa shape index (κ2) is 5.72. The average Bonchev–Trinajstić information content (AvgIpc) is 2.36. The van der Waals surface area contributed by atoms with Crippen molar-refractivity contribution in [3.05, 3.63) is 29.8 Å². The molecule has 1 aromatic carbocycles. The van der Waals surface area contributed by atoms with Crippen molar-refractivity contribution < 1.29 is 19.4 Å². The third-order valence-electron chi connectivity index (χ3n) is 2.16. The molecule has 0 heterocycles. The maximum absolute atomic E-state index is 11.1. The van der Waals surface area contributed by atoms with Crippen molar-refractivity contribution in [2.24, 2.45) is 0 Å². The monoisotopic (exact) mass is 244 g/mol. The summed E-state index contributed by atoms with van der Waals surface area (Å²) >= 11 is 5.73. The Bertz CT molecular complexity index is 350. The Labute approximate surface area is 98.7 Å². The number of carbonyl (C=O) groups excluding carboxylic acids is 1. The molecule has 2 atom stereocenters. The summed E-state index contributed by atoms with van der Waals surface area (Å²) in [5.74, 6) is 0.00475. The Morgan fingerprint density at radius 3 is 2.31 bits per heavy atom. The molecule has 0 aliphatic heterocycles. The van der Waals surface area contributed by atoms with Crippen molar-refractivity contribution in [1.82, 2.24) is 0 Å². The van der Waals surface area contributed by atoms with Crippen molar-refractivity contribution in [3.8, 4) is 5.75 Å². The zero-order chi connectivity index (χ0) is 12.1. The van der Waals surface area contributed by atoms with Gasteiger partial charge in [0.25, 0.3) is 0 Å². The summed E-state index contributed by atoms with van der Waals surface area (Å²) in [6.45, 7) is 0. The molecular formula is C11H13ClO4. The molecule has 0 saturated heterocycles. The van der Waals surface area contributed by atoms with E-state index >= 15 is 0 Å². The zero-order valence-corrected chi connectivity index (χ0v) is 9.77. The smallest absolute Gasteiger partial charge is 0.326 e. The van der Waals surface area contributed by atoms with Crippen LogP contribution in [0.2, 0.25) is 0 Å². The van der Waals surface area contributed by atoms with E-state index in [-0.39, 0.29) is 0 Å². The molecule has 0 aliphatic carbocycles. The van der Waals surface area contributed by atoms with Gasteiger partial charge in [-0.25, -0.2) is 0 Å². The van der Waals surface area contributed by atoms with E-state index in [1.54, 1.807) is 31.4 Å². The van der Waals surface area contributed by atoms with E-state index < -0.39 is 17.5 Å². The number of hydrogen-bond acceptors (Lipinski definition) is 4. The highest BCUT2D eigenvalue weighted by Crippen LogP contribution is 2.23. The number of ether oxygens (including phenoxy) is 2. The van der Waals surface area contributed by atoms with Gasteiger partial charge in [0.15, 0.2) is 5.38 Å². The molecule has 16 heavy (non-hydrogen) atoms. The maximum atomic E-state index is 11.1. The van der Waals surface area contributed by atoms with E-state index in [1.807, 2.05) is 0 Å². The number of aliphatic hydroxyl groups is 1. The fraction of sp³-hybridized carbons (Fsp3) is 0.364. The van der Waals surface area contributed by atoms with E-state index in [1.165, 1.54) is 7.11 Å². The predicted octanol–water partition coefficient (Wildman–Crippen LogP) is 1.51. The van der Waals surface area contributed by atoms with Crippen LogP contribution in [0.4, 0.5) is 0 Å². The first kappa shape index (κ1) is 12.8. The first-order valence-corrected chi connectivity index (χ1v) is 5.07. The molecule has 0 fully saturated rings. The van der Waals surface area contributed by atoms with Crippen LogP contribution in [0.15, 0.2) is 24.3 Å². The molecule has 0 spiro atoms. The zero-order valence-electron chi connectivity index (χ0n) is 9.01. The van der Waals surface area contributed by atoms with Crippen LogP contribution >= 0.6 is 11.6 Å². The Balaban J connectivity index is 2.79. The molecule has 1 rings (SSSR count). The topological polar surface area (TPSA) is 55.8 Å². The highest BCUT2D eigenvalue weighted by Gasteiger charge is 2.26. The first-order valence-electron chi connectivity index (χ1n) is 4.64. The van der Waals surface area contributed by atoms with Crippen molar-refractivity contribution >= 4 is 17.6 Å². The van der Waals surface area contributed by atoms with E-state index in [9.17, 15) is 9.90 Å². The van der Waals surface area contributed by atoms with Crippen LogP contribution in [-0.4, -0.2) is 30.7 Å². The molecule has 0 bridgehead atoms. The summed E-state index contributed by atoms with van der Waals surface area (Å²) in [5.41, 5.74) is 0.534. The number of carbonyl (C=O) groups is 1. The summed E-state index contributed by atoms with van der Waals surface area (Å²) in [6.07, 6.45) is -1.10. The lowest BCUT2D eigenvalue weighted by molar-refractivity contribution is -0.142. The standard InChI is InChI=1S/C11H13ClO4/c1-15-8-5-3-7(4-6-8)10(13)9(12)11(14)16-2/h3-6,9-10,13H,1-2H3/t9-,10+/m0/s1. The van der Waals surface area contributed by atoms with E-state index in [2.05, 4.69) is 4.74 Å². The van der Waals surface area contributed by atoms with Gasteiger partial charge in [-0.3, -0.25) is 4.79 Å². The highest BCUT2D eigenvalue weighted by molar-refractivity contribution is 6.30. The lowest BCUT2D eigenvalue weighted by Crippen LogP contribution is -2.23. The van der Waals surface area contributed by atoms with Gasteiger partial charge in [0.1, 0.15) is 11.9 Å². The third kappa shape index (κ3) is 2.87. The summed E-state index contributed by atoms with van der Waals surface area (Å²) in [5, 5.41) is 8.67. The average molecular weight is 245 g/mol. The molecule has 0 unspecified atom stereocenters. The second-order valence-corrected chi connectivity index (χ2v) is 3.61. The van der Waals surface area contributed by atoms with Gasteiger partial charge in [0.2, 0.25) is 0 Å². The number of hydrogen-bond donors (Lipinski definition) is 1. The van der Waals surface area contributed by atoms with Crippen LogP contribution in [0.1, 0.15) is 11.7 Å². The van der Waals surface area contributed by atoms with Gasteiger partial charge in [0.05, 0.1) is 14.2 Å². The van der Waals surface area contributed by atoms with Gasteiger partial charge >= 0.3 is 5.97 Å². The number of aliphatic hydroxyl groups excluding tert-OH is 1. The first-order chi connectivity index (χ1) is 7.60. The third-order valence-corrected chi connectivity index (χ3v) is 2.58. The largest absolute Gasteiger partial charge is 0.497 e. The Kier molecular flexibility index (Phi) is 4.58. The Morgan fingerprint density at radius 2 is 1.88 bits per heavy atom. The quantitative estimate of drug-likeness (QED) is 0.644. The molecule has 0 amide bonds. The van der Waals surface area contributed by atoms with Crippen molar-refractivity contribution in [2.75, 3.05) is 14.2 Å². The molecule has 0 saturated carbocycles. The molecule has 1 N–H and O–H groups in total. The van der Waals surface area contributed by atoms with Crippen LogP contribution in [0, 0.1) is 0 Å². The number of alkyl halides is 1. The summed E-state index contributed by atoms with van der Waals surface area (Å²) in [6, 6.07) is 6.64. The van der Waals surface area contributed by atoms with Gasteiger partial charge in [-0.1, -0.05) is 12.1 Å². The minimum Gasteiger partial charge on any atom is -0.497 e.